The van der Waals surface area contributed by atoms with Gasteiger partial charge in [0.15, 0.2) is 0 Å². The number of aliphatic hydroxyl groups is 1. The molecule has 0 aliphatic rings. The Labute approximate surface area is 92.2 Å². The normalized spacial score (nSPS) is 12.5. The summed E-state index contributed by atoms with van der Waals surface area (Å²) in [6.07, 6.45) is 4.68. The molecule has 0 spiro atoms. The summed E-state index contributed by atoms with van der Waals surface area (Å²) in [5, 5.41) is 12.1. The molecule has 4 N–H and O–H groups in total. The molecule has 0 radical (unpaired) electrons. The number of unbranched alkanes of at least 4 members (excludes halogenated alkanes) is 2. The first-order valence-electron chi connectivity index (χ1n) is 5.85. The molecule has 0 heterocycles. The number of carbonyl (C=O) groups excluding carboxylic acids is 1. The van der Waals surface area contributed by atoms with Gasteiger partial charge in [-0.3, -0.25) is 4.79 Å². The number of carbonyl (C=O) groups is 1. The van der Waals surface area contributed by atoms with Crippen molar-refractivity contribution >= 4 is 5.91 Å². The average Bonchev–Trinajstić information content (AvgIpc) is 2.22. The molecule has 0 aliphatic heterocycles. The van der Waals surface area contributed by atoms with E-state index in [1.807, 2.05) is 6.92 Å². The van der Waals surface area contributed by atoms with Gasteiger partial charge in [-0.15, -0.1) is 0 Å². The third-order valence-electron chi connectivity index (χ3n) is 2.26. The lowest BCUT2D eigenvalue weighted by molar-refractivity contribution is -0.121. The van der Waals surface area contributed by atoms with E-state index in [4.69, 9.17) is 5.73 Å². The molecular weight excluding hydrogens is 192 g/mol. The molecule has 4 nitrogen and oxygen atoms in total. The largest absolute Gasteiger partial charge is 0.391 e. The number of aliphatic hydroxyl groups excluding tert-OH is 1. The van der Waals surface area contributed by atoms with Crippen molar-refractivity contribution in [2.75, 3.05) is 13.1 Å². The molecule has 0 aromatic carbocycles. The van der Waals surface area contributed by atoms with E-state index in [0.29, 0.717) is 19.5 Å². The molecule has 0 aromatic heterocycles. The highest BCUT2D eigenvalue weighted by Crippen LogP contribution is 1.99. The first-order valence-corrected chi connectivity index (χ1v) is 5.85. The van der Waals surface area contributed by atoms with Gasteiger partial charge in [-0.25, -0.2) is 0 Å². The second-order valence-electron chi connectivity index (χ2n) is 3.85. The van der Waals surface area contributed by atoms with E-state index >= 15 is 0 Å². The first kappa shape index (κ1) is 14.4. The minimum atomic E-state index is -0.400. The van der Waals surface area contributed by atoms with Gasteiger partial charge >= 0.3 is 0 Å². The summed E-state index contributed by atoms with van der Waals surface area (Å²) in [7, 11) is 0. The number of nitrogens with two attached hydrogens (primary N) is 1. The second-order valence-corrected chi connectivity index (χ2v) is 3.85. The molecule has 1 amide bonds. The summed E-state index contributed by atoms with van der Waals surface area (Å²) in [5.74, 6) is 0.0298. The number of rotatable bonds is 9. The molecule has 0 saturated carbocycles. The number of hydrogen-bond acceptors (Lipinski definition) is 3. The summed E-state index contributed by atoms with van der Waals surface area (Å²) in [4.78, 5) is 11.3. The average molecular weight is 216 g/mol. The van der Waals surface area contributed by atoms with E-state index in [1.54, 1.807) is 0 Å². The van der Waals surface area contributed by atoms with Crippen molar-refractivity contribution in [3.05, 3.63) is 0 Å². The van der Waals surface area contributed by atoms with Gasteiger partial charge in [0, 0.05) is 13.0 Å². The fourth-order valence-electron chi connectivity index (χ4n) is 1.36. The number of amides is 1. The van der Waals surface area contributed by atoms with Crippen LogP contribution in [0.4, 0.5) is 0 Å². The van der Waals surface area contributed by atoms with Crippen LogP contribution in [0.15, 0.2) is 0 Å². The number of hydrogen-bond donors (Lipinski definition) is 3. The van der Waals surface area contributed by atoms with Gasteiger partial charge in [0.05, 0.1) is 6.10 Å². The van der Waals surface area contributed by atoms with Crippen LogP contribution in [-0.2, 0) is 4.79 Å². The molecule has 0 aliphatic carbocycles. The predicted molar refractivity (Wildman–Crippen MR) is 61.4 cm³/mol. The van der Waals surface area contributed by atoms with E-state index in [2.05, 4.69) is 5.32 Å². The lowest BCUT2D eigenvalue weighted by atomic mass is 10.2. The van der Waals surface area contributed by atoms with Crippen LogP contribution < -0.4 is 11.1 Å². The molecule has 0 fully saturated rings. The monoisotopic (exact) mass is 216 g/mol. The molecular formula is C11H24N2O2. The summed E-state index contributed by atoms with van der Waals surface area (Å²) in [5.41, 5.74) is 5.34. The molecule has 90 valence electrons. The molecule has 0 bridgehead atoms. The summed E-state index contributed by atoms with van der Waals surface area (Å²) in [6.45, 7) is 3.08. The maximum Gasteiger partial charge on any atom is 0.220 e. The zero-order valence-corrected chi connectivity index (χ0v) is 9.67. The highest BCUT2D eigenvalue weighted by Gasteiger charge is 2.05. The third-order valence-corrected chi connectivity index (χ3v) is 2.26. The van der Waals surface area contributed by atoms with E-state index in [0.717, 1.165) is 32.1 Å². The minimum absolute atomic E-state index is 0.0298. The Balaban J connectivity index is 3.32. The van der Waals surface area contributed by atoms with E-state index in [1.165, 1.54) is 0 Å². The van der Waals surface area contributed by atoms with Crippen molar-refractivity contribution in [2.45, 2.75) is 51.6 Å². The minimum Gasteiger partial charge on any atom is -0.391 e. The van der Waals surface area contributed by atoms with Crippen molar-refractivity contribution < 1.29 is 9.90 Å². The molecule has 15 heavy (non-hydrogen) atoms. The van der Waals surface area contributed by atoms with Gasteiger partial charge < -0.3 is 16.2 Å². The van der Waals surface area contributed by atoms with E-state index in [-0.39, 0.29) is 5.91 Å². The molecule has 1 unspecified atom stereocenters. The van der Waals surface area contributed by atoms with Crippen molar-refractivity contribution in [1.29, 1.82) is 0 Å². The summed E-state index contributed by atoms with van der Waals surface area (Å²) >= 11 is 0. The van der Waals surface area contributed by atoms with Crippen LogP contribution in [0.5, 0.6) is 0 Å². The lowest BCUT2D eigenvalue weighted by Crippen LogP contribution is -2.31. The predicted octanol–water partition coefficient (Wildman–Crippen LogP) is 0.783. The first-order chi connectivity index (χ1) is 7.20. The topological polar surface area (TPSA) is 75.3 Å². The van der Waals surface area contributed by atoms with Crippen LogP contribution in [0, 0.1) is 0 Å². The van der Waals surface area contributed by atoms with Gasteiger partial charge in [0.1, 0.15) is 0 Å². The Bertz CT molecular complexity index is 163. The standard InChI is InChI=1S/C11H24N2O2/c1-2-6-10(14)9-13-11(15)7-4-3-5-8-12/h10,14H,2-9,12H2,1H3,(H,13,15). The Hall–Kier alpha value is -0.610. The van der Waals surface area contributed by atoms with Gasteiger partial charge in [0.25, 0.3) is 0 Å². The molecule has 1 atom stereocenters. The van der Waals surface area contributed by atoms with Gasteiger partial charge in [0.2, 0.25) is 5.91 Å². The van der Waals surface area contributed by atoms with Gasteiger partial charge in [-0.05, 0) is 25.8 Å². The zero-order chi connectivity index (χ0) is 11.5. The highest BCUT2D eigenvalue weighted by atomic mass is 16.3. The lowest BCUT2D eigenvalue weighted by Gasteiger charge is -2.10. The molecule has 0 saturated heterocycles. The van der Waals surface area contributed by atoms with Crippen molar-refractivity contribution in [3.8, 4) is 0 Å². The summed E-state index contributed by atoms with van der Waals surface area (Å²) < 4.78 is 0. The SMILES string of the molecule is CCCC(O)CNC(=O)CCCCCN. The summed E-state index contributed by atoms with van der Waals surface area (Å²) in [6, 6.07) is 0. The fraction of sp³-hybridized carbons (Fsp3) is 0.909. The van der Waals surface area contributed by atoms with Crippen LogP contribution in [-0.4, -0.2) is 30.2 Å². The third kappa shape index (κ3) is 9.69. The highest BCUT2D eigenvalue weighted by molar-refractivity contribution is 5.75. The maximum absolute atomic E-state index is 11.3. The maximum atomic E-state index is 11.3. The van der Waals surface area contributed by atoms with Crippen molar-refractivity contribution in [2.24, 2.45) is 5.73 Å². The van der Waals surface area contributed by atoms with Crippen LogP contribution in [0.3, 0.4) is 0 Å². The van der Waals surface area contributed by atoms with Crippen LogP contribution in [0.1, 0.15) is 45.4 Å². The van der Waals surface area contributed by atoms with Crippen molar-refractivity contribution in [3.63, 3.8) is 0 Å². The molecule has 4 heteroatoms. The van der Waals surface area contributed by atoms with Crippen LogP contribution in [0.2, 0.25) is 0 Å². The Morgan fingerprint density at radius 1 is 1.40 bits per heavy atom. The Kier molecular flexibility index (Phi) is 9.52. The number of nitrogens with one attached hydrogen (secondary N) is 1. The quantitative estimate of drug-likeness (QED) is 0.499. The fourth-order valence-corrected chi connectivity index (χ4v) is 1.36. The van der Waals surface area contributed by atoms with Gasteiger partial charge in [-0.2, -0.15) is 0 Å². The zero-order valence-electron chi connectivity index (χ0n) is 9.67. The van der Waals surface area contributed by atoms with Crippen LogP contribution in [0.25, 0.3) is 0 Å². The van der Waals surface area contributed by atoms with Crippen LogP contribution >= 0.6 is 0 Å². The van der Waals surface area contributed by atoms with E-state index in [9.17, 15) is 9.90 Å². The smallest absolute Gasteiger partial charge is 0.220 e. The Morgan fingerprint density at radius 3 is 2.73 bits per heavy atom. The van der Waals surface area contributed by atoms with Crippen molar-refractivity contribution in [1.82, 2.24) is 5.32 Å². The molecule has 0 rings (SSSR count). The second kappa shape index (κ2) is 9.93. The molecule has 0 aromatic rings. The van der Waals surface area contributed by atoms with E-state index < -0.39 is 6.10 Å². The van der Waals surface area contributed by atoms with Gasteiger partial charge in [-0.1, -0.05) is 19.8 Å². The Morgan fingerprint density at radius 2 is 2.13 bits per heavy atom.